The molecule has 0 aliphatic carbocycles. The second-order valence-electron chi connectivity index (χ2n) is 5.56. The molecule has 0 atom stereocenters. The fourth-order valence-corrected chi connectivity index (χ4v) is 2.04. The van der Waals surface area contributed by atoms with Gasteiger partial charge in [-0.3, -0.25) is 9.11 Å². The van der Waals surface area contributed by atoms with E-state index in [0.29, 0.717) is 0 Å². The Morgan fingerprint density at radius 2 is 1.17 bits per heavy atom. The number of unbranched alkanes of at least 4 members (excludes halogenated alkanes) is 10. The molecule has 0 fully saturated rings. The molecule has 0 aromatic rings. The summed E-state index contributed by atoms with van der Waals surface area (Å²) < 4.78 is 31.6. The van der Waals surface area contributed by atoms with Crippen molar-refractivity contribution in [1.29, 1.82) is 0 Å². The van der Waals surface area contributed by atoms with Gasteiger partial charge in [-0.1, -0.05) is 89.0 Å². The second kappa shape index (κ2) is 24.0. The molecule has 0 spiro atoms. The van der Waals surface area contributed by atoms with Crippen molar-refractivity contribution in [2.75, 3.05) is 0 Å². The van der Waals surface area contributed by atoms with Crippen LogP contribution < -0.4 is 51.4 Å². The van der Waals surface area contributed by atoms with Crippen molar-refractivity contribution in [1.82, 2.24) is 0 Å². The molecule has 0 saturated carbocycles. The first-order valence-corrected chi connectivity index (χ1v) is 10.1. The maximum Gasteiger partial charge on any atom is 1.00 e. The first-order chi connectivity index (χ1) is 10.9. The minimum atomic E-state index is -4.67. The fourth-order valence-electron chi connectivity index (χ4n) is 2.04. The molecular weight excluding hydrogens is 351 g/mol. The molecule has 0 amide bonds. The van der Waals surface area contributed by atoms with E-state index in [4.69, 9.17) is 17.5 Å². The van der Waals surface area contributed by atoms with Gasteiger partial charge in [0.2, 0.25) is 0 Å². The predicted molar refractivity (Wildman–Crippen MR) is 98.9 cm³/mol. The van der Waals surface area contributed by atoms with Gasteiger partial charge in [0.15, 0.2) is 0 Å². The minimum Gasteiger partial charge on any atom is -0.343 e. The Morgan fingerprint density at radius 1 is 0.792 bits per heavy atom. The normalized spacial score (nSPS) is 11.3. The van der Waals surface area contributed by atoms with E-state index in [1.54, 1.807) is 0 Å². The van der Waals surface area contributed by atoms with Crippen LogP contribution in [0.2, 0.25) is 0 Å². The van der Waals surface area contributed by atoms with Crippen molar-refractivity contribution in [3.63, 3.8) is 0 Å². The third-order valence-corrected chi connectivity index (χ3v) is 3.23. The average molecular weight is 387 g/mol. The quantitative estimate of drug-likeness (QED) is 0.168. The number of rotatable bonds is 13. The summed E-state index contributed by atoms with van der Waals surface area (Å²) in [6.07, 6.45) is 24.9. The Kier molecular flexibility index (Phi) is 29.7. The van der Waals surface area contributed by atoms with E-state index in [-0.39, 0.29) is 51.4 Å². The Balaban J connectivity index is -0.000000639. The van der Waals surface area contributed by atoms with Crippen molar-refractivity contribution in [2.45, 2.75) is 84.0 Å². The third-order valence-electron chi connectivity index (χ3n) is 3.23. The summed E-state index contributed by atoms with van der Waals surface area (Å²) in [7, 11) is -4.67. The van der Waals surface area contributed by atoms with Crippen LogP contribution in [0.4, 0.5) is 0 Å². The summed E-state index contributed by atoms with van der Waals surface area (Å²) >= 11 is 0. The van der Waals surface area contributed by atoms with Crippen LogP contribution in [0.15, 0.2) is 24.3 Å². The van der Waals surface area contributed by atoms with E-state index in [1.807, 2.05) is 0 Å². The molecule has 2 N–H and O–H groups in total. The van der Waals surface area contributed by atoms with E-state index < -0.39 is 10.4 Å². The Labute approximate surface area is 192 Å². The molecule has 138 valence electrons. The van der Waals surface area contributed by atoms with E-state index >= 15 is 0 Å². The molecule has 0 aromatic carbocycles. The van der Waals surface area contributed by atoms with Gasteiger partial charge in [-0.2, -0.15) is 14.8 Å². The zero-order chi connectivity index (χ0) is 17.8. The first kappa shape index (κ1) is 29.7. The third kappa shape index (κ3) is 43.5. The number of hydrogen-bond donors (Lipinski definition) is 2. The van der Waals surface area contributed by atoms with Crippen LogP contribution >= 0.6 is 0 Å². The average Bonchev–Trinajstić information content (AvgIpc) is 2.46. The summed E-state index contributed by atoms with van der Waals surface area (Å²) in [5.74, 6) is 0. The Hall–Kier alpha value is 0.986. The van der Waals surface area contributed by atoms with Gasteiger partial charge in [0, 0.05) is 0 Å². The SMILES string of the molecule is O=S(=O)(O)O.[CH2-]CCC=CC=CCCCCCCCCCCC.[K+]. The predicted octanol–water partition coefficient (Wildman–Crippen LogP) is 2.99. The van der Waals surface area contributed by atoms with Crippen LogP contribution in [0, 0.1) is 6.92 Å². The Morgan fingerprint density at radius 3 is 1.58 bits per heavy atom. The van der Waals surface area contributed by atoms with Crippen LogP contribution in [0.3, 0.4) is 0 Å². The molecule has 0 aromatic heterocycles. The summed E-state index contributed by atoms with van der Waals surface area (Å²) in [6, 6.07) is 0. The standard InChI is InChI=1S/C18H33.K.H2O4S/c1-3-5-7-9-11-13-15-17-18-16-14-12-10-8-6-4-2;;1-5(2,3)4/h7,9,11,13H,1,3-6,8,10,12,14-18H2,2H3;;(H2,1,2,3,4)/q-1;+1;. The van der Waals surface area contributed by atoms with Gasteiger partial charge in [0.05, 0.1) is 0 Å². The molecule has 0 aliphatic rings. The maximum absolute atomic E-state index is 8.74. The molecule has 0 rings (SSSR count). The van der Waals surface area contributed by atoms with Crippen LogP contribution in [0.5, 0.6) is 0 Å². The minimum absolute atomic E-state index is 0. The van der Waals surface area contributed by atoms with Crippen molar-refractivity contribution < 1.29 is 68.9 Å². The largest absolute Gasteiger partial charge is 1.00 e. The zero-order valence-electron chi connectivity index (χ0n) is 15.6. The Bertz CT molecular complexity index is 370. The van der Waals surface area contributed by atoms with E-state index in [9.17, 15) is 0 Å². The molecule has 0 heterocycles. The smallest absolute Gasteiger partial charge is 0.343 e. The topological polar surface area (TPSA) is 74.6 Å². The number of allylic oxidation sites excluding steroid dienone is 4. The van der Waals surface area contributed by atoms with Crippen molar-refractivity contribution >= 4 is 10.4 Å². The second-order valence-corrected chi connectivity index (χ2v) is 6.46. The molecule has 6 heteroatoms. The number of hydrogen-bond acceptors (Lipinski definition) is 2. The van der Waals surface area contributed by atoms with Gasteiger partial charge in [-0.05, 0) is 12.8 Å². The van der Waals surface area contributed by atoms with Crippen LogP contribution in [-0.4, -0.2) is 17.5 Å². The maximum atomic E-state index is 8.74. The van der Waals surface area contributed by atoms with Gasteiger partial charge >= 0.3 is 61.8 Å². The molecule has 0 aliphatic heterocycles. The van der Waals surface area contributed by atoms with Gasteiger partial charge in [-0.25, -0.2) is 0 Å². The summed E-state index contributed by atoms with van der Waals surface area (Å²) in [5.41, 5.74) is 0. The van der Waals surface area contributed by atoms with E-state index in [1.165, 1.54) is 64.2 Å². The summed E-state index contributed by atoms with van der Waals surface area (Å²) in [6.45, 7) is 6.09. The monoisotopic (exact) mass is 386 g/mol. The van der Waals surface area contributed by atoms with Gasteiger partial charge in [0.1, 0.15) is 0 Å². The zero-order valence-corrected chi connectivity index (χ0v) is 19.6. The molecule has 0 unspecified atom stereocenters. The summed E-state index contributed by atoms with van der Waals surface area (Å²) in [5, 5.41) is 0. The van der Waals surface area contributed by atoms with Crippen LogP contribution in [0.1, 0.15) is 84.0 Å². The molecule has 0 saturated heterocycles. The first-order valence-electron chi connectivity index (χ1n) is 8.72. The van der Waals surface area contributed by atoms with Crippen LogP contribution in [0.25, 0.3) is 0 Å². The molecular formula is C18H35KO4S. The molecule has 24 heavy (non-hydrogen) atoms. The van der Waals surface area contributed by atoms with Crippen LogP contribution in [-0.2, 0) is 10.4 Å². The van der Waals surface area contributed by atoms with E-state index in [2.05, 4.69) is 38.2 Å². The van der Waals surface area contributed by atoms with Crippen molar-refractivity contribution in [3.8, 4) is 0 Å². The molecule has 0 bridgehead atoms. The van der Waals surface area contributed by atoms with E-state index in [0.717, 1.165) is 12.8 Å². The fraction of sp³-hybridized carbons (Fsp3) is 0.722. The van der Waals surface area contributed by atoms with Gasteiger partial charge < -0.3 is 6.92 Å². The molecule has 4 nitrogen and oxygen atoms in total. The van der Waals surface area contributed by atoms with Gasteiger partial charge in [-0.15, -0.1) is 0 Å². The molecule has 0 radical (unpaired) electrons. The summed E-state index contributed by atoms with van der Waals surface area (Å²) in [4.78, 5) is 0. The van der Waals surface area contributed by atoms with Crippen molar-refractivity contribution in [2.24, 2.45) is 0 Å². The van der Waals surface area contributed by atoms with Gasteiger partial charge in [0.25, 0.3) is 0 Å². The van der Waals surface area contributed by atoms with Crippen molar-refractivity contribution in [3.05, 3.63) is 31.2 Å².